The van der Waals surface area contributed by atoms with E-state index in [1.165, 1.54) is 0 Å². The van der Waals surface area contributed by atoms with Crippen molar-refractivity contribution in [1.82, 2.24) is 5.32 Å². The molecule has 0 saturated heterocycles. The molecular weight excluding hydrogens is 254 g/mol. The molecule has 1 aromatic heterocycles. The van der Waals surface area contributed by atoms with E-state index in [9.17, 15) is 4.79 Å². The summed E-state index contributed by atoms with van der Waals surface area (Å²) in [5.74, 6) is 1.26. The van der Waals surface area contributed by atoms with E-state index in [4.69, 9.17) is 9.15 Å². The number of amides is 1. The summed E-state index contributed by atoms with van der Waals surface area (Å²) in [7, 11) is 0. The molecule has 1 amide bonds. The van der Waals surface area contributed by atoms with Gasteiger partial charge in [-0.15, -0.1) is 6.58 Å². The molecule has 3 atom stereocenters. The van der Waals surface area contributed by atoms with Crippen molar-refractivity contribution in [3.05, 3.63) is 49.0 Å². The molecule has 0 aliphatic heterocycles. The first-order valence-corrected chi connectivity index (χ1v) is 6.99. The highest BCUT2D eigenvalue weighted by molar-refractivity contribution is 5.67. The highest BCUT2D eigenvalue weighted by atomic mass is 16.6. The summed E-state index contributed by atoms with van der Waals surface area (Å²) in [4.78, 5) is 11.9. The minimum atomic E-state index is -0.379. The lowest BCUT2D eigenvalue weighted by atomic mass is 9.82. The molecule has 3 rings (SSSR count). The van der Waals surface area contributed by atoms with Crippen LogP contribution in [0.3, 0.4) is 0 Å². The van der Waals surface area contributed by atoms with Crippen LogP contribution in [0, 0.1) is 11.3 Å². The Bertz CT molecular complexity index is 520. The number of fused-ring (bicyclic) bond motifs is 2. The maximum Gasteiger partial charge on any atom is 0.407 e. The standard InChI is InChI=1S/C16H19NO3/c1-2-6-16-7-5-12(10-16)9-14(16)20-15(18)17-11-13-4-3-8-19-13/h2-5,7-8,12,14H,1,6,9-11H2,(H,17,18). The monoisotopic (exact) mass is 273 g/mol. The molecule has 2 bridgehead atoms. The van der Waals surface area contributed by atoms with E-state index < -0.39 is 0 Å². The highest BCUT2D eigenvalue weighted by Crippen LogP contribution is 2.52. The van der Waals surface area contributed by atoms with Crippen molar-refractivity contribution < 1.29 is 13.9 Å². The first-order valence-electron chi connectivity index (χ1n) is 6.99. The molecule has 4 nitrogen and oxygen atoms in total. The Morgan fingerprint density at radius 2 is 2.55 bits per heavy atom. The Labute approximate surface area is 118 Å². The summed E-state index contributed by atoms with van der Waals surface area (Å²) >= 11 is 0. The fraction of sp³-hybridized carbons (Fsp3) is 0.438. The van der Waals surface area contributed by atoms with Crippen molar-refractivity contribution in [2.75, 3.05) is 0 Å². The van der Waals surface area contributed by atoms with Crippen molar-refractivity contribution in [3.8, 4) is 0 Å². The van der Waals surface area contributed by atoms with Crippen LogP contribution in [0.25, 0.3) is 0 Å². The second kappa shape index (κ2) is 5.19. The summed E-state index contributed by atoms with van der Waals surface area (Å²) in [6, 6.07) is 3.61. The predicted molar refractivity (Wildman–Crippen MR) is 74.9 cm³/mol. The normalized spacial score (nSPS) is 30.4. The van der Waals surface area contributed by atoms with Gasteiger partial charge in [0.05, 0.1) is 12.8 Å². The number of hydrogen-bond acceptors (Lipinski definition) is 3. The molecule has 0 radical (unpaired) electrons. The number of rotatable bonds is 5. The summed E-state index contributed by atoms with van der Waals surface area (Å²) in [5.41, 5.74) is -0.0333. The van der Waals surface area contributed by atoms with Crippen LogP contribution in [0.15, 0.2) is 47.6 Å². The number of carbonyl (C=O) groups excluding carboxylic acids is 1. The minimum Gasteiger partial charge on any atom is -0.467 e. The fourth-order valence-corrected chi connectivity index (χ4v) is 3.32. The molecule has 4 heteroatoms. The van der Waals surface area contributed by atoms with Gasteiger partial charge in [-0.1, -0.05) is 18.2 Å². The Hall–Kier alpha value is -1.97. The van der Waals surface area contributed by atoms with Crippen LogP contribution in [0.1, 0.15) is 25.0 Å². The third kappa shape index (κ3) is 2.38. The van der Waals surface area contributed by atoms with Crippen LogP contribution in [0.5, 0.6) is 0 Å². The summed E-state index contributed by atoms with van der Waals surface area (Å²) in [6.07, 6.45) is 10.3. The van der Waals surface area contributed by atoms with E-state index in [-0.39, 0.29) is 17.6 Å². The molecular formula is C16H19NO3. The third-order valence-electron chi connectivity index (χ3n) is 4.26. The molecule has 1 saturated carbocycles. The van der Waals surface area contributed by atoms with Crippen molar-refractivity contribution in [1.29, 1.82) is 0 Å². The molecule has 2 aliphatic rings. The van der Waals surface area contributed by atoms with Gasteiger partial charge in [-0.3, -0.25) is 0 Å². The SMILES string of the molecule is C=CCC12C=CC(CC1OC(=O)NCc1ccco1)C2. The molecule has 0 spiro atoms. The zero-order chi connectivity index (χ0) is 14.0. The predicted octanol–water partition coefficient (Wildman–Crippen LogP) is 3.42. The number of ether oxygens (including phenoxy) is 1. The Morgan fingerprint density at radius 3 is 3.25 bits per heavy atom. The van der Waals surface area contributed by atoms with Crippen molar-refractivity contribution in [3.63, 3.8) is 0 Å². The summed E-state index contributed by atoms with van der Waals surface area (Å²) < 4.78 is 10.8. The molecule has 1 N–H and O–H groups in total. The average molecular weight is 273 g/mol. The van der Waals surface area contributed by atoms with E-state index in [1.54, 1.807) is 12.3 Å². The molecule has 20 heavy (non-hydrogen) atoms. The zero-order valence-electron chi connectivity index (χ0n) is 11.4. The molecule has 106 valence electrons. The number of carbonyl (C=O) groups is 1. The highest BCUT2D eigenvalue weighted by Gasteiger charge is 2.49. The van der Waals surface area contributed by atoms with Crippen molar-refractivity contribution in [2.45, 2.75) is 31.9 Å². The summed E-state index contributed by atoms with van der Waals surface area (Å²) in [5, 5.41) is 2.73. The number of hydrogen-bond donors (Lipinski definition) is 1. The van der Waals surface area contributed by atoms with Crippen LogP contribution in [-0.2, 0) is 11.3 Å². The van der Waals surface area contributed by atoms with Crippen LogP contribution in [0.4, 0.5) is 4.79 Å². The molecule has 1 aromatic rings. The smallest absolute Gasteiger partial charge is 0.407 e. The van der Waals surface area contributed by atoms with Crippen molar-refractivity contribution in [2.24, 2.45) is 11.3 Å². The van der Waals surface area contributed by atoms with Gasteiger partial charge < -0.3 is 14.5 Å². The van der Waals surface area contributed by atoms with Gasteiger partial charge in [0, 0.05) is 5.41 Å². The lowest BCUT2D eigenvalue weighted by Crippen LogP contribution is -2.36. The number of furan rings is 1. The molecule has 1 fully saturated rings. The Morgan fingerprint density at radius 1 is 1.65 bits per heavy atom. The van der Waals surface area contributed by atoms with Gasteiger partial charge >= 0.3 is 6.09 Å². The van der Waals surface area contributed by atoms with Gasteiger partial charge in [0.2, 0.25) is 0 Å². The zero-order valence-corrected chi connectivity index (χ0v) is 11.4. The van der Waals surface area contributed by atoms with Gasteiger partial charge in [-0.25, -0.2) is 4.79 Å². The molecule has 3 unspecified atom stereocenters. The Balaban J connectivity index is 1.56. The third-order valence-corrected chi connectivity index (χ3v) is 4.26. The number of allylic oxidation sites excluding steroid dienone is 2. The van der Waals surface area contributed by atoms with Crippen LogP contribution in [-0.4, -0.2) is 12.2 Å². The van der Waals surface area contributed by atoms with Crippen LogP contribution in [0.2, 0.25) is 0 Å². The average Bonchev–Trinajstić information content (AvgIpc) is 3.12. The van der Waals surface area contributed by atoms with Gasteiger partial charge in [-0.05, 0) is 37.3 Å². The summed E-state index contributed by atoms with van der Waals surface area (Å²) in [6.45, 7) is 4.17. The number of nitrogens with one attached hydrogen (secondary N) is 1. The molecule has 2 aliphatic carbocycles. The molecule has 1 heterocycles. The Kier molecular flexibility index (Phi) is 3.38. The second-order valence-corrected chi connectivity index (χ2v) is 5.61. The fourth-order valence-electron chi connectivity index (χ4n) is 3.32. The maximum absolute atomic E-state index is 11.9. The van der Waals surface area contributed by atoms with E-state index in [0.29, 0.717) is 12.5 Å². The van der Waals surface area contributed by atoms with Gasteiger partial charge in [0.25, 0.3) is 0 Å². The second-order valence-electron chi connectivity index (χ2n) is 5.61. The van der Waals surface area contributed by atoms with Crippen molar-refractivity contribution >= 4 is 6.09 Å². The first-order chi connectivity index (χ1) is 9.72. The molecule has 0 aromatic carbocycles. The lowest BCUT2D eigenvalue weighted by molar-refractivity contribution is 0.0471. The van der Waals surface area contributed by atoms with E-state index in [1.807, 2.05) is 12.1 Å². The first kappa shape index (κ1) is 13.0. The van der Waals surface area contributed by atoms with Crippen LogP contribution < -0.4 is 5.32 Å². The van der Waals surface area contributed by atoms with Gasteiger partial charge in [0.15, 0.2) is 0 Å². The minimum absolute atomic E-state index is 0.0333. The maximum atomic E-state index is 11.9. The van der Waals surface area contributed by atoms with Gasteiger partial charge in [0.1, 0.15) is 11.9 Å². The lowest BCUT2D eigenvalue weighted by Gasteiger charge is -2.30. The van der Waals surface area contributed by atoms with E-state index in [2.05, 4.69) is 24.0 Å². The van der Waals surface area contributed by atoms with E-state index in [0.717, 1.165) is 25.0 Å². The quantitative estimate of drug-likeness (QED) is 0.836. The number of alkyl carbamates (subject to hydrolysis) is 1. The van der Waals surface area contributed by atoms with Gasteiger partial charge in [-0.2, -0.15) is 0 Å². The largest absolute Gasteiger partial charge is 0.467 e. The van der Waals surface area contributed by atoms with E-state index >= 15 is 0 Å². The topological polar surface area (TPSA) is 51.5 Å². The van der Waals surface area contributed by atoms with Crippen LogP contribution >= 0.6 is 0 Å².